The van der Waals surface area contributed by atoms with Gasteiger partial charge in [0.05, 0.1) is 0 Å². The zero-order chi connectivity index (χ0) is 16.1. The molecule has 1 fully saturated rings. The molecule has 1 aliphatic heterocycles. The first-order valence-corrected chi connectivity index (χ1v) is 7.89. The highest BCUT2D eigenvalue weighted by molar-refractivity contribution is 5.94. The molecule has 120 valence electrons. The van der Waals surface area contributed by atoms with Gasteiger partial charge in [-0.3, -0.25) is 4.79 Å². The van der Waals surface area contributed by atoms with Crippen molar-refractivity contribution in [3.63, 3.8) is 0 Å². The molecule has 1 saturated heterocycles. The maximum absolute atomic E-state index is 12.4. The molecule has 0 saturated carbocycles. The normalized spacial score (nSPS) is 15.5. The predicted molar refractivity (Wildman–Crippen MR) is 86.9 cm³/mol. The van der Waals surface area contributed by atoms with E-state index in [9.17, 15) is 9.59 Å². The number of amides is 3. The van der Waals surface area contributed by atoms with Crippen LogP contribution in [0.5, 0.6) is 0 Å². The van der Waals surface area contributed by atoms with E-state index in [2.05, 4.69) is 5.32 Å². The average molecular weight is 303 g/mol. The van der Waals surface area contributed by atoms with Crippen molar-refractivity contribution in [3.8, 4) is 0 Å². The lowest BCUT2D eigenvalue weighted by atomic mass is 10.0. The van der Waals surface area contributed by atoms with Crippen LogP contribution in [0.25, 0.3) is 0 Å². The van der Waals surface area contributed by atoms with E-state index in [4.69, 9.17) is 0 Å². The third kappa shape index (κ3) is 4.00. The number of carbonyl (C=O) groups excluding carboxylic acids is 2. The molecule has 1 aromatic rings. The fourth-order valence-electron chi connectivity index (χ4n) is 2.53. The standard InChI is InChI=1S/C17H25N3O2/c1-4-19(3)17(22)18-15-9-11-20(12-10-15)16(21)14-7-5-13(2)6-8-14/h5-8,15H,4,9-12H2,1-3H3,(H,18,22). The molecule has 3 amide bonds. The van der Waals surface area contributed by atoms with E-state index in [0.29, 0.717) is 19.6 Å². The molecule has 0 aliphatic carbocycles. The Bertz CT molecular complexity index is 519. The van der Waals surface area contributed by atoms with Crippen molar-refractivity contribution in [2.45, 2.75) is 32.7 Å². The van der Waals surface area contributed by atoms with Gasteiger partial charge in [-0.15, -0.1) is 0 Å². The first kappa shape index (κ1) is 16.3. The first-order chi connectivity index (χ1) is 10.5. The number of nitrogens with zero attached hydrogens (tertiary/aromatic N) is 2. The van der Waals surface area contributed by atoms with Crippen LogP contribution in [0.15, 0.2) is 24.3 Å². The highest BCUT2D eigenvalue weighted by Gasteiger charge is 2.25. The summed E-state index contributed by atoms with van der Waals surface area (Å²) in [5, 5.41) is 3.03. The van der Waals surface area contributed by atoms with Crippen LogP contribution in [0.4, 0.5) is 4.79 Å². The van der Waals surface area contributed by atoms with E-state index < -0.39 is 0 Å². The summed E-state index contributed by atoms with van der Waals surface area (Å²) in [7, 11) is 1.78. The van der Waals surface area contributed by atoms with Gasteiger partial charge in [-0.2, -0.15) is 0 Å². The van der Waals surface area contributed by atoms with Gasteiger partial charge in [-0.05, 0) is 38.8 Å². The third-order valence-electron chi connectivity index (χ3n) is 4.23. The van der Waals surface area contributed by atoms with E-state index in [1.165, 1.54) is 0 Å². The molecular formula is C17H25N3O2. The highest BCUT2D eigenvalue weighted by atomic mass is 16.2. The van der Waals surface area contributed by atoms with E-state index in [1.54, 1.807) is 11.9 Å². The van der Waals surface area contributed by atoms with Crippen LogP contribution in [-0.2, 0) is 0 Å². The number of rotatable bonds is 3. The van der Waals surface area contributed by atoms with Crippen LogP contribution in [0, 0.1) is 6.92 Å². The monoisotopic (exact) mass is 303 g/mol. The van der Waals surface area contributed by atoms with Crippen molar-refractivity contribution in [2.24, 2.45) is 0 Å². The molecule has 1 aromatic carbocycles. The molecule has 0 aromatic heterocycles. The van der Waals surface area contributed by atoms with E-state index >= 15 is 0 Å². The number of benzene rings is 1. The second kappa shape index (κ2) is 7.29. The van der Waals surface area contributed by atoms with Crippen molar-refractivity contribution in [1.29, 1.82) is 0 Å². The van der Waals surface area contributed by atoms with Crippen molar-refractivity contribution in [2.75, 3.05) is 26.7 Å². The summed E-state index contributed by atoms with van der Waals surface area (Å²) in [6.07, 6.45) is 1.61. The summed E-state index contributed by atoms with van der Waals surface area (Å²) < 4.78 is 0. The van der Waals surface area contributed by atoms with Crippen molar-refractivity contribution in [3.05, 3.63) is 35.4 Å². The molecular weight excluding hydrogens is 278 g/mol. The quantitative estimate of drug-likeness (QED) is 0.931. The molecule has 1 N–H and O–H groups in total. The Morgan fingerprint density at radius 3 is 2.36 bits per heavy atom. The summed E-state index contributed by atoms with van der Waals surface area (Å²) in [5.74, 6) is 0.0791. The number of hydrogen-bond acceptors (Lipinski definition) is 2. The molecule has 0 bridgehead atoms. The summed E-state index contributed by atoms with van der Waals surface area (Å²) in [4.78, 5) is 27.8. The first-order valence-electron chi connectivity index (χ1n) is 7.89. The number of aryl methyl sites for hydroxylation is 1. The van der Waals surface area contributed by atoms with E-state index in [0.717, 1.165) is 24.0 Å². The SMILES string of the molecule is CCN(C)C(=O)NC1CCN(C(=O)c2ccc(C)cc2)CC1. The number of urea groups is 1. The van der Waals surface area contributed by atoms with Crippen LogP contribution in [0.3, 0.4) is 0 Å². The Labute approximate surface area is 132 Å². The lowest BCUT2D eigenvalue weighted by Crippen LogP contribution is -2.49. The summed E-state index contributed by atoms with van der Waals surface area (Å²) in [6, 6.07) is 7.79. The molecule has 1 heterocycles. The number of piperidine rings is 1. The Morgan fingerprint density at radius 2 is 1.82 bits per heavy atom. The van der Waals surface area contributed by atoms with Crippen molar-refractivity contribution in [1.82, 2.24) is 15.1 Å². The highest BCUT2D eigenvalue weighted by Crippen LogP contribution is 2.14. The van der Waals surface area contributed by atoms with Crippen LogP contribution >= 0.6 is 0 Å². The minimum atomic E-state index is -0.0363. The molecule has 1 aliphatic rings. The third-order valence-corrected chi connectivity index (χ3v) is 4.23. The van der Waals surface area contributed by atoms with Gasteiger partial charge in [0.1, 0.15) is 0 Å². The second-order valence-corrected chi connectivity index (χ2v) is 5.90. The Kier molecular flexibility index (Phi) is 5.41. The average Bonchev–Trinajstić information content (AvgIpc) is 2.54. The van der Waals surface area contributed by atoms with Gasteiger partial charge in [-0.1, -0.05) is 17.7 Å². The Hall–Kier alpha value is -2.04. The zero-order valence-electron chi connectivity index (χ0n) is 13.6. The fourth-order valence-corrected chi connectivity index (χ4v) is 2.53. The number of likely N-dealkylation sites (tertiary alicyclic amines) is 1. The summed E-state index contributed by atoms with van der Waals surface area (Å²) in [5.41, 5.74) is 1.89. The van der Waals surface area contributed by atoms with Gasteiger partial charge in [0.25, 0.3) is 5.91 Å². The predicted octanol–water partition coefficient (Wildman–Crippen LogP) is 2.26. The lowest BCUT2D eigenvalue weighted by molar-refractivity contribution is 0.0707. The van der Waals surface area contributed by atoms with Crippen molar-refractivity contribution < 1.29 is 9.59 Å². The summed E-state index contributed by atoms with van der Waals surface area (Å²) >= 11 is 0. The molecule has 0 spiro atoms. The zero-order valence-corrected chi connectivity index (χ0v) is 13.6. The Morgan fingerprint density at radius 1 is 1.23 bits per heavy atom. The van der Waals surface area contributed by atoms with E-state index in [-0.39, 0.29) is 18.0 Å². The maximum Gasteiger partial charge on any atom is 0.317 e. The minimum absolute atomic E-state index is 0.0363. The Balaban J connectivity index is 1.85. The molecule has 22 heavy (non-hydrogen) atoms. The van der Waals surface area contributed by atoms with Gasteiger partial charge in [0.15, 0.2) is 0 Å². The van der Waals surface area contributed by atoms with Crippen molar-refractivity contribution >= 4 is 11.9 Å². The van der Waals surface area contributed by atoms with Gasteiger partial charge in [0.2, 0.25) is 0 Å². The molecule has 5 heteroatoms. The van der Waals surface area contributed by atoms with Crippen LogP contribution in [0.1, 0.15) is 35.7 Å². The van der Waals surface area contributed by atoms with Gasteiger partial charge in [0, 0.05) is 38.3 Å². The summed E-state index contributed by atoms with van der Waals surface area (Å²) in [6.45, 7) is 6.02. The van der Waals surface area contributed by atoms with Crippen LogP contribution in [0.2, 0.25) is 0 Å². The van der Waals surface area contributed by atoms with Gasteiger partial charge < -0.3 is 15.1 Å². The smallest absolute Gasteiger partial charge is 0.317 e. The van der Waals surface area contributed by atoms with E-state index in [1.807, 2.05) is 43.0 Å². The van der Waals surface area contributed by atoms with Gasteiger partial charge >= 0.3 is 6.03 Å². The number of carbonyl (C=O) groups is 2. The van der Waals surface area contributed by atoms with Crippen LogP contribution < -0.4 is 5.32 Å². The fraction of sp³-hybridized carbons (Fsp3) is 0.529. The molecule has 0 unspecified atom stereocenters. The number of nitrogens with one attached hydrogen (secondary N) is 1. The topological polar surface area (TPSA) is 52.7 Å². The molecule has 2 rings (SSSR count). The molecule has 0 radical (unpaired) electrons. The number of hydrogen-bond donors (Lipinski definition) is 1. The lowest BCUT2D eigenvalue weighted by Gasteiger charge is -2.33. The van der Waals surface area contributed by atoms with Gasteiger partial charge in [-0.25, -0.2) is 4.79 Å². The maximum atomic E-state index is 12.4. The molecule has 5 nitrogen and oxygen atoms in total. The minimum Gasteiger partial charge on any atom is -0.338 e. The second-order valence-electron chi connectivity index (χ2n) is 5.90. The molecule has 0 atom stereocenters. The van der Waals surface area contributed by atoms with Crippen LogP contribution in [-0.4, -0.2) is 54.5 Å². The largest absolute Gasteiger partial charge is 0.338 e.